The molecule has 15 heavy (non-hydrogen) atoms. The summed E-state index contributed by atoms with van der Waals surface area (Å²) in [4.78, 5) is 15.6. The highest BCUT2D eigenvalue weighted by Crippen LogP contribution is 2.08. The lowest BCUT2D eigenvalue weighted by Gasteiger charge is -2.05. The molecule has 1 heterocycles. The molecule has 0 saturated heterocycles. The van der Waals surface area contributed by atoms with Gasteiger partial charge < -0.3 is 15.5 Å². The predicted octanol–water partition coefficient (Wildman–Crippen LogP) is 0.759. The van der Waals surface area contributed by atoms with Gasteiger partial charge in [-0.25, -0.2) is 4.98 Å². The summed E-state index contributed by atoms with van der Waals surface area (Å²) in [6, 6.07) is 0.0860. The van der Waals surface area contributed by atoms with Gasteiger partial charge in [0.15, 0.2) is 5.89 Å². The maximum atomic E-state index is 11.6. The second kappa shape index (κ2) is 4.93. The quantitative estimate of drug-likeness (QED) is 0.770. The van der Waals surface area contributed by atoms with Crippen molar-refractivity contribution in [3.8, 4) is 0 Å². The molecule has 0 bridgehead atoms. The highest BCUT2D eigenvalue weighted by Gasteiger charge is 2.14. The molecule has 3 N–H and O–H groups in total. The van der Waals surface area contributed by atoms with Crippen molar-refractivity contribution in [2.24, 2.45) is 5.73 Å². The van der Waals surface area contributed by atoms with Gasteiger partial charge in [-0.15, -0.1) is 0 Å². The number of aromatic nitrogens is 1. The van der Waals surface area contributed by atoms with E-state index in [2.05, 4.69) is 10.3 Å². The van der Waals surface area contributed by atoms with Gasteiger partial charge in [0.1, 0.15) is 0 Å². The number of nitrogens with zero attached hydrogens (tertiary/aromatic N) is 1. The van der Waals surface area contributed by atoms with Crippen molar-refractivity contribution in [2.75, 3.05) is 6.54 Å². The van der Waals surface area contributed by atoms with Crippen molar-refractivity contribution in [2.45, 2.75) is 33.2 Å². The first kappa shape index (κ1) is 11.7. The molecule has 0 spiro atoms. The number of oxazole rings is 1. The van der Waals surface area contributed by atoms with Crippen LogP contribution in [0, 0.1) is 13.8 Å². The first-order chi connectivity index (χ1) is 7.00. The van der Waals surface area contributed by atoms with E-state index in [0.717, 1.165) is 6.42 Å². The Morgan fingerprint density at radius 1 is 1.60 bits per heavy atom. The van der Waals surface area contributed by atoms with E-state index in [1.165, 1.54) is 0 Å². The van der Waals surface area contributed by atoms with Gasteiger partial charge in [-0.05, 0) is 20.3 Å². The minimum Gasteiger partial charge on any atom is -0.436 e. The van der Waals surface area contributed by atoms with Crippen molar-refractivity contribution in [1.82, 2.24) is 10.3 Å². The SMILES string of the molecule is Cc1nc(C)c(C(=O)NCCC(C)N)o1. The van der Waals surface area contributed by atoms with Crippen molar-refractivity contribution < 1.29 is 9.21 Å². The lowest BCUT2D eigenvalue weighted by Crippen LogP contribution is -2.29. The smallest absolute Gasteiger partial charge is 0.289 e. The molecule has 0 saturated carbocycles. The molecule has 1 aromatic rings. The van der Waals surface area contributed by atoms with Crippen LogP contribution < -0.4 is 11.1 Å². The number of nitrogens with one attached hydrogen (secondary N) is 1. The minimum atomic E-state index is -0.228. The topological polar surface area (TPSA) is 81.2 Å². The Morgan fingerprint density at radius 3 is 2.73 bits per heavy atom. The Kier molecular flexibility index (Phi) is 3.85. The van der Waals surface area contributed by atoms with Gasteiger partial charge in [0.2, 0.25) is 5.76 Å². The Morgan fingerprint density at radius 2 is 2.27 bits per heavy atom. The van der Waals surface area contributed by atoms with Crippen LogP contribution in [0.4, 0.5) is 0 Å². The first-order valence-electron chi connectivity index (χ1n) is 4.98. The summed E-state index contributed by atoms with van der Waals surface area (Å²) < 4.78 is 5.18. The molecule has 0 aromatic carbocycles. The second-order valence-electron chi connectivity index (χ2n) is 3.67. The van der Waals surface area contributed by atoms with Crippen LogP contribution in [-0.2, 0) is 0 Å². The zero-order chi connectivity index (χ0) is 11.4. The number of carbonyl (C=O) groups is 1. The van der Waals surface area contributed by atoms with Crippen molar-refractivity contribution in [3.63, 3.8) is 0 Å². The molecule has 0 radical (unpaired) electrons. The lowest BCUT2D eigenvalue weighted by molar-refractivity contribution is 0.0923. The molecule has 0 aliphatic rings. The zero-order valence-electron chi connectivity index (χ0n) is 9.33. The number of hydrogen-bond acceptors (Lipinski definition) is 4. The van der Waals surface area contributed by atoms with E-state index in [0.29, 0.717) is 18.1 Å². The fraction of sp³-hybridized carbons (Fsp3) is 0.600. The van der Waals surface area contributed by atoms with E-state index in [4.69, 9.17) is 10.2 Å². The molecule has 1 unspecified atom stereocenters. The average Bonchev–Trinajstić information content (AvgIpc) is 2.44. The summed E-state index contributed by atoms with van der Waals surface area (Å²) in [7, 11) is 0. The van der Waals surface area contributed by atoms with E-state index < -0.39 is 0 Å². The molecule has 1 aromatic heterocycles. The van der Waals surface area contributed by atoms with Crippen LogP contribution in [0.5, 0.6) is 0 Å². The van der Waals surface area contributed by atoms with E-state index in [9.17, 15) is 4.79 Å². The molecule has 0 fully saturated rings. The van der Waals surface area contributed by atoms with Gasteiger partial charge in [0.05, 0.1) is 5.69 Å². The van der Waals surface area contributed by atoms with Crippen molar-refractivity contribution in [1.29, 1.82) is 0 Å². The number of nitrogens with two attached hydrogens (primary N) is 1. The van der Waals surface area contributed by atoms with Crippen LogP contribution in [0.15, 0.2) is 4.42 Å². The molecule has 5 nitrogen and oxygen atoms in total. The monoisotopic (exact) mass is 211 g/mol. The molecule has 1 amide bonds. The van der Waals surface area contributed by atoms with Crippen LogP contribution in [0.2, 0.25) is 0 Å². The maximum Gasteiger partial charge on any atom is 0.289 e. The number of carbonyl (C=O) groups excluding carboxylic acids is 1. The summed E-state index contributed by atoms with van der Waals surface area (Å²) in [5, 5.41) is 2.73. The molecule has 0 aliphatic heterocycles. The van der Waals surface area contributed by atoms with Gasteiger partial charge in [0.25, 0.3) is 5.91 Å². The maximum absolute atomic E-state index is 11.6. The van der Waals surface area contributed by atoms with Gasteiger partial charge in [-0.3, -0.25) is 4.79 Å². The van der Waals surface area contributed by atoms with Crippen LogP contribution >= 0.6 is 0 Å². The van der Waals surface area contributed by atoms with E-state index in [-0.39, 0.29) is 17.7 Å². The molecule has 1 atom stereocenters. The van der Waals surface area contributed by atoms with Crippen molar-refractivity contribution >= 4 is 5.91 Å². The number of amides is 1. The van der Waals surface area contributed by atoms with Crippen LogP contribution in [0.1, 0.15) is 35.5 Å². The molecular weight excluding hydrogens is 194 g/mol. The number of rotatable bonds is 4. The third-order valence-electron chi connectivity index (χ3n) is 1.99. The molecule has 0 aliphatic carbocycles. The largest absolute Gasteiger partial charge is 0.436 e. The molecule has 1 rings (SSSR count). The average molecular weight is 211 g/mol. The third-order valence-corrected chi connectivity index (χ3v) is 1.99. The van der Waals surface area contributed by atoms with Crippen molar-refractivity contribution in [3.05, 3.63) is 17.3 Å². The molecule has 5 heteroatoms. The van der Waals surface area contributed by atoms with Crippen LogP contribution in [-0.4, -0.2) is 23.5 Å². The summed E-state index contributed by atoms with van der Waals surface area (Å²) in [6.45, 7) is 5.91. The summed E-state index contributed by atoms with van der Waals surface area (Å²) in [5.74, 6) is 0.566. The Hall–Kier alpha value is -1.36. The van der Waals surface area contributed by atoms with E-state index >= 15 is 0 Å². The van der Waals surface area contributed by atoms with Gasteiger partial charge >= 0.3 is 0 Å². The normalized spacial score (nSPS) is 12.5. The summed E-state index contributed by atoms with van der Waals surface area (Å²) >= 11 is 0. The Balaban J connectivity index is 2.50. The standard InChI is InChI=1S/C10H17N3O2/c1-6(11)4-5-12-10(14)9-7(2)13-8(3)15-9/h6H,4-5,11H2,1-3H3,(H,12,14). The predicted molar refractivity (Wildman–Crippen MR) is 56.6 cm³/mol. The highest BCUT2D eigenvalue weighted by molar-refractivity contribution is 5.92. The van der Waals surface area contributed by atoms with Gasteiger partial charge in [-0.2, -0.15) is 0 Å². The second-order valence-corrected chi connectivity index (χ2v) is 3.67. The minimum absolute atomic E-state index is 0.0860. The summed E-state index contributed by atoms with van der Waals surface area (Å²) in [5.41, 5.74) is 6.18. The van der Waals surface area contributed by atoms with Gasteiger partial charge in [0, 0.05) is 19.5 Å². The Labute approximate surface area is 89.1 Å². The van der Waals surface area contributed by atoms with Crippen LogP contribution in [0.3, 0.4) is 0 Å². The van der Waals surface area contributed by atoms with Crippen LogP contribution in [0.25, 0.3) is 0 Å². The highest BCUT2D eigenvalue weighted by atomic mass is 16.4. The Bertz CT molecular complexity index is 344. The lowest BCUT2D eigenvalue weighted by atomic mass is 10.2. The first-order valence-corrected chi connectivity index (χ1v) is 4.98. The number of aryl methyl sites for hydroxylation is 2. The van der Waals surface area contributed by atoms with E-state index in [1.54, 1.807) is 13.8 Å². The zero-order valence-corrected chi connectivity index (χ0v) is 9.33. The summed E-state index contributed by atoms with van der Waals surface area (Å²) in [6.07, 6.45) is 0.748. The molecular formula is C10H17N3O2. The van der Waals surface area contributed by atoms with Gasteiger partial charge in [-0.1, -0.05) is 0 Å². The third kappa shape index (κ3) is 3.36. The van der Waals surface area contributed by atoms with E-state index in [1.807, 2.05) is 6.92 Å². The molecule has 84 valence electrons. The fourth-order valence-corrected chi connectivity index (χ4v) is 1.24. The fourth-order valence-electron chi connectivity index (χ4n) is 1.24. The number of hydrogen-bond donors (Lipinski definition) is 2.